The smallest absolute Gasteiger partial charge is 0.269 e. The number of benzene rings is 3. The largest absolute Gasteiger partial charge is 0.351 e. The molecule has 1 N–H and O–H groups in total. The van der Waals surface area contributed by atoms with Gasteiger partial charge in [-0.25, -0.2) is 12.7 Å². The minimum Gasteiger partial charge on any atom is -0.351 e. The molecule has 2 amide bonds. The van der Waals surface area contributed by atoms with Crippen LogP contribution in [0.3, 0.4) is 0 Å². The first kappa shape index (κ1) is 21.8. The second-order valence-electron chi connectivity index (χ2n) is 7.99. The first-order valence-corrected chi connectivity index (χ1v) is 11.9. The maximum absolute atomic E-state index is 12.9. The van der Waals surface area contributed by atoms with Crippen molar-refractivity contribution in [2.45, 2.75) is 30.7 Å². The molecule has 0 unspecified atom stereocenters. The Balaban J connectivity index is 1.59. The third kappa shape index (κ3) is 3.91. The highest BCUT2D eigenvalue weighted by Gasteiger charge is 2.42. The summed E-state index contributed by atoms with van der Waals surface area (Å²) in [6.45, 7) is 3.62. The zero-order chi connectivity index (χ0) is 22.9. The normalized spacial score (nSPS) is 14.6. The number of carbonyl (C=O) groups excluding carboxylic acids is 2. The molecule has 1 aliphatic rings. The predicted molar refractivity (Wildman–Crippen MR) is 122 cm³/mol. The standard InChI is InChI=1S/C25H24N2O4S/c1-17(2)27-25(29)21-14-13-20(15-23(21)32(27,30)31)24(28)26-16-22(18-9-5-3-6-10-18)19-11-7-4-8-12-19/h3-15,17,22H,16H2,1-2H3,(H,26,28). The Morgan fingerprint density at radius 2 is 1.47 bits per heavy atom. The zero-order valence-electron chi connectivity index (χ0n) is 17.9. The fourth-order valence-corrected chi connectivity index (χ4v) is 5.79. The van der Waals surface area contributed by atoms with Gasteiger partial charge in [0.05, 0.1) is 5.56 Å². The van der Waals surface area contributed by atoms with Crippen molar-refractivity contribution in [1.82, 2.24) is 9.62 Å². The molecule has 1 aliphatic heterocycles. The Kier molecular flexibility index (Phi) is 5.84. The van der Waals surface area contributed by atoms with Crippen LogP contribution in [0.5, 0.6) is 0 Å². The molecule has 4 rings (SSSR count). The van der Waals surface area contributed by atoms with Gasteiger partial charge >= 0.3 is 0 Å². The van der Waals surface area contributed by atoms with Crippen LogP contribution < -0.4 is 5.32 Å². The second-order valence-corrected chi connectivity index (χ2v) is 9.78. The first-order chi connectivity index (χ1) is 15.3. The highest BCUT2D eigenvalue weighted by atomic mass is 32.2. The molecule has 0 atom stereocenters. The molecule has 7 heteroatoms. The number of nitrogens with zero attached hydrogens (tertiary/aromatic N) is 1. The highest BCUT2D eigenvalue weighted by molar-refractivity contribution is 7.90. The predicted octanol–water partition coefficient (Wildman–Crippen LogP) is 3.80. The Bertz CT molecular complexity index is 1220. The van der Waals surface area contributed by atoms with Gasteiger partial charge in [-0.2, -0.15) is 0 Å². The highest BCUT2D eigenvalue weighted by Crippen LogP contribution is 2.32. The second kappa shape index (κ2) is 8.59. The monoisotopic (exact) mass is 448 g/mol. The van der Waals surface area contributed by atoms with Crippen molar-refractivity contribution in [3.63, 3.8) is 0 Å². The Morgan fingerprint density at radius 3 is 2.00 bits per heavy atom. The van der Waals surface area contributed by atoms with Gasteiger partial charge in [-0.05, 0) is 43.2 Å². The van der Waals surface area contributed by atoms with E-state index in [4.69, 9.17) is 0 Å². The number of hydrogen-bond donors (Lipinski definition) is 1. The van der Waals surface area contributed by atoms with Gasteiger partial charge in [0.2, 0.25) is 0 Å². The van der Waals surface area contributed by atoms with Crippen LogP contribution in [0, 0.1) is 0 Å². The fourth-order valence-electron chi connectivity index (χ4n) is 4.00. The molecule has 0 aromatic heterocycles. The summed E-state index contributed by atoms with van der Waals surface area (Å²) >= 11 is 0. The van der Waals surface area contributed by atoms with Gasteiger partial charge in [-0.1, -0.05) is 60.7 Å². The molecule has 0 saturated heterocycles. The fraction of sp³-hybridized carbons (Fsp3) is 0.200. The number of hydrogen-bond acceptors (Lipinski definition) is 4. The van der Waals surface area contributed by atoms with Crippen LogP contribution in [0.4, 0.5) is 0 Å². The lowest BCUT2D eigenvalue weighted by molar-refractivity contribution is 0.0845. The molecule has 1 heterocycles. The topological polar surface area (TPSA) is 83.6 Å². The van der Waals surface area contributed by atoms with Crippen molar-refractivity contribution in [2.24, 2.45) is 0 Å². The quantitative estimate of drug-likeness (QED) is 0.622. The summed E-state index contributed by atoms with van der Waals surface area (Å²) in [5.74, 6) is -1.01. The van der Waals surface area contributed by atoms with E-state index < -0.39 is 27.9 Å². The molecule has 0 aliphatic carbocycles. The lowest BCUT2D eigenvalue weighted by Gasteiger charge is -2.19. The van der Waals surface area contributed by atoms with Gasteiger partial charge in [-0.15, -0.1) is 0 Å². The maximum atomic E-state index is 12.9. The molecule has 0 saturated carbocycles. The minimum atomic E-state index is -3.96. The van der Waals surface area contributed by atoms with E-state index in [0.29, 0.717) is 6.54 Å². The molecule has 3 aromatic carbocycles. The van der Waals surface area contributed by atoms with E-state index in [-0.39, 0.29) is 21.9 Å². The van der Waals surface area contributed by atoms with Crippen LogP contribution in [-0.2, 0) is 10.0 Å². The molecule has 164 valence electrons. The van der Waals surface area contributed by atoms with Crippen molar-refractivity contribution >= 4 is 21.8 Å². The summed E-state index contributed by atoms with van der Waals surface area (Å²) in [4.78, 5) is 25.3. The van der Waals surface area contributed by atoms with Crippen molar-refractivity contribution < 1.29 is 18.0 Å². The van der Waals surface area contributed by atoms with Crippen molar-refractivity contribution in [3.05, 3.63) is 101 Å². The molecule has 0 radical (unpaired) electrons. The number of rotatable bonds is 6. The van der Waals surface area contributed by atoms with E-state index in [1.54, 1.807) is 13.8 Å². The molecule has 3 aromatic rings. The molecular weight excluding hydrogens is 424 g/mol. The molecule has 0 spiro atoms. The van der Waals surface area contributed by atoms with Crippen LogP contribution in [0.1, 0.15) is 51.6 Å². The zero-order valence-corrected chi connectivity index (χ0v) is 18.7. The summed E-state index contributed by atoms with van der Waals surface area (Å²) in [6, 6.07) is 23.4. The average molecular weight is 449 g/mol. The van der Waals surface area contributed by atoms with E-state index in [0.717, 1.165) is 15.4 Å². The SMILES string of the molecule is CC(C)N1C(=O)c2ccc(C(=O)NCC(c3ccccc3)c3ccccc3)cc2S1(=O)=O. The van der Waals surface area contributed by atoms with Gasteiger partial charge in [0.1, 0.15) is 4.90 Å². The van der Waals surface area contributed by atoms with E-state index in [9.17, 15) is 18.0 Å². The lowest BCUT2D eigenvalue weighted by atomic mass is 9.91. The molecule has 0 fully saturated rings. The summed E-state index contributed by atoms with van der Waals surface area (Å²) in [6.07, 6.45) is 0. The minimum absolute atomic E-state index is 0.0579. The van der Waals surface area contributed by atoms with Crippen molar-refractivity contribution in [3.8, 4) is 0 Å². The number of amides is 2. The van der Waals surface area contributed by atoms with Crippen molar-refractivity contribution in [2.75, 3.05) is 6.54 Å². The first-order valence-electron chi connectivity index (χ1n) is 10.4. The van der Waals surface area contributed by atoms with E-state index in [1.807, 2.05) is 60.7 Å². The van der Waals surface area contributed by atoms with Gasteiger partial charge in [0.15, 0.2) is 0 Å². The molecule has 0 bridgehead atoms. The van der Waals surface area contributed by atoms with E-state index >= 15 is 0 Å². The number of fused-ring (bicyclic) bond motifs is 1. The molecule has 32 heavy (non-hydrogen) atoms. The van der Waals surface area contributed by atoms with Crippen LogP contribution >= 0.6 is 0 Å². The van der Waals surface area contributed by atoms with Crippen molar-refractivity contribution in [1.29, 1.82) is 0 Å². The van der Waals surface area contributed by atoms with Crippen LogP contribution in [-0.4, -0.2) is 37.1 Å². The summed E-state index contributed by atoms with van der Waals surface area (Å²) in [5, 5.41) is 2.93. The van der Waals surface area contributed by atoms with Gasteiger partial charge < -0.3 is 5.32 Å². The van der Waals surface area contributed by atoms with E-state index in [2.05, 4.69) is 5.32 Å². The molecular formula is C25H24N2O4S. The van der Waals surface area contributed by atoms with E-state index in [1.165, 1.54) is 18.2 Å². The lowest BCUT2D eigenvalue weighted by Crippen LogP contribution is -2.36. The number of sulfonamides is 1. The summed E-state index contributed by atoms with van der Waals surface area (Å²) in [5.41, 5.74) is 2.43. The van der Waals surface area contributed by atoms with Gasteiger partial charge in [-0.3, -0.25) is 9.59 Å². The third-order valence-corrected chi connectivity index (χ3v) is 7.55. The number of carbonyl (C=O) groups is 2. The van der Waals surface area contributed by atoms with Crippen LogP contribution in [0.25, 0.3) is 0 Å². The Hall–Kier alpha value is -3.45. The van der Waals surface area contributed by atoms with Gasteiger partial charge in [0, 0.05) is 24.1 Å². The van der Waals surface area contributed by atoms with Crippen LogP contribution in [0.2, 0.25) is 0 Å². The average Bonchev–Trinajstić information content (AvgIpc) is 3.00. The third-order valence-electron chi connectivity index (χ3n) is 5.55. The Morgan fingerprint density at radius 1 is 0.906 bits per heavy atom. The summed E-state index contributed by atoms with van der Waals surface area (Å²) < 4.78 is 26.5. The summed E-state index contributed by atoms with van der Waals surface area (Å²) in [7, 11) is -3.96. The Labute approximate surface area is 187 Å². The maximum Gasteiger partial charge on any atom is 0.269 e. The number of nitrogens with one attached hydrogen (secondary N) is 1. The van der Waals surface area contributed by atoms with Crippen LogP contribution in [0.15, 0.2) is 83.8 Å². The van der Waals surface area contributed by atoms with Gasteiger partial charge in [0.25, 0.3) is 21.8 Å². The molecule has 6 nitrogen and oxygen atoms in total.